The van der Waals surface area contributed by atoms with Gasteiger partial charge in [0.15, 0.2) is 0 Å². The van der Waals surface area contributed by atoms with Gasteiger partial charge in [0.2, 0.25) is 5.91 Å². The zero-order chi connectivity index (χ0) is 14.7. The van der Waals surface area contributed by atoms with Crippen LogP contribution in [-0.4, -0.2) is 24.4 Å². The minimum atomic E-state index is -0.0210. The molecule has 0 bridgehead atoms. The van der Waals surface area contributed by atoms with E-state index in [4.69, 9.17) is 0 Å². The number of hydrazine groups is 1. The number of hydrogen-bond acceptors (Lipinski definition) is 3. The van der Waals surface area contributed by atoms with Crippen LogP contribution < -0.4 is 10.9 Å². The van der Waals surface area contributed by atoms with Gasteiger partial charge in [0.25, 0.3) is 0 Å². The van der Waals surface area contributed by atoms with Crippen LogP contribution >= 0.6 is 0 Å². The Labute approximate surface area is 118 Å². The van der Waals surface area contributed by atoms with Gasteiger partial charge in [-0.05, 0) is 18.8 Å². The van der Waals surface area contributed by atoms with E-state index in [1.54, 1.807) is 7.05 Å². The van der Waals surface area contributed by atoms with Crippen LogP contribution in [0, 0.1) is 5.92 Å². The maximum Gasteiger partial charge on any atom is 0.224 e. The number of unbranched alkanes of at least 4 members (excludes halogenated alkanes) is 2. The molecule has 19 heavy (non-hydrogen) atoms. The van der Waals surface area contributed by atoms with Crippen LogP contribution in [0.4, 0.5) is 0 Å². The van der Waals surface area contributed by atoms with Crippen LogP contribution in [-0.2, 0) is 4.79 Å². The molecule has 0 aliphatic carbocycles. The summed E-state index contributed by atoms with van der Waals surface area (Å²) in [5.74, 6) is 1.27. The topological polar surface area (TPSA) is 44.4 Å². The zero-order valence-electron chi connectivity index (χ0n) is 13.1. The second kappa shape index (κ2) is 10.9. The van der Waals surface area contributed by atoms with Gasteiger partial charge in [-0.1, -0.05) is 46.1 Å². The van der Waals surface area contributed by atoms with Gasteiger partial charge in [0.05, 0.1) is 0 Å². The summed E-state index contributed by atoms with van der Waals surface area (Å²) < 4.78 is 0. The number of amides is 1. The summed E-state index contributed by atoms with van der Waals surface area (Å²) in [7, 11) is 1.71. The quantitative estimate of drug-likeness (QED) is 0.447. The Morgan fingerprint density at radius 1 is 1.21 bits per heavy atom. The predicted molar refractivity (Wildman–Crippen MR) is 81.3 cm³/mol. The molecule has 1 atom stereocenters. The van der Waals surface area contributed by atoms with E-state index in [2.05, 4.69) is 31.3 Å². The van der Waals surface area contributed by atoms with Gasteiger partial charge in [0, 0.05) is 20.5 Å². The molecule has 0 aromatic heterocycles. The van der Waals surface area contributed by atoms with Gasteiger partial charge in [-0.25, -0.2) is 5.43 Å². The molecule has 0 aliphatic rings. The van der Waals surface area contributed by atoms with Crippen LogP contribution in [0.3, 0.4) is 0 Å². The molecule has 2 N–H and O–H groups in total. The highest BCUT2D eigenvalue weighted by Crippen LogP contribution is 2.14. The van der Waals surface area contributed by atoms with Gasteiger partial charge in [0.1, 0.15) is 5.82 Å². The van der Waals surface area contributed by atoms with E-state index in [-0.39, 0.29) is 5.91 Å². The van der Waals surface area contributed by atoms with Crippen molar-refractivity contribution in [1.82, 2.24) is 15.8 Å². The van der Waals surface area contributed by atoms with Crippen molar-refractivity contribution in [1.29, 1.82) is 0 Å². The number of carbonyl (C=O) groups excluding carboxylic acids is 1. The SMILES string of the molecule is C=C(NNCC(CCC)CCCCC)N(C)C(C)=O. The van der Waals surface area contributed by atoms with E-state index in [0.29, 0.717) is 11.7 Å². The number of hydrogen-bond donors (Lipinski definition) is 2. The first kappa shape index (κ1) is 18.0. The third-order valence-electron chi connectivity index (χ3n) is 3.41. The average Bonchev–Trinajstić information content (AvgIpc) is 2.37. The second-order valence-electron chi connectivity index (χ2n) is 5.18. The maximum absolute atomic E-state index is 11.2. The highest BCUT2D eigenvalue weighted by Gasteiger charge is 2.09. The average molecular weight is 269 g/mol. The molecule has 0 aromatic rings. The minimum Gasteiger partial charge on any atom is -0.308 e. The Kier molecular flexibility index (Phi) is 10.3. The molecular weight excluding hydrogens is 238 g/mol. The van der Waals surface area contributed by atoms with Crippen molar-refractivity contribution < 1.29 is 4.79 Å². The Morgan fingerprint density at radius 3 is 2.42 bits per heavy atom. The van der Waals surface area contributed by atoms with Gasteiger partial charge in [-0.2, -0.15) is 0 Å². The minimum absolute atomic E-state index is 0.0210. The monoisotopic (exact) mass is 269 g/mol. The Balaban J connectivity index is 3.91. The molecule has 4 nitrogen and oxygen atoms in total. The fourth-order valence-corrected chi connectivity index (χ4v) is 2.01. The van der Waals surface area contributed by atoms with Crippen LogP contribution in [0.2, 0.25) is 0 Å². The van der Waals surface area contributed by atoms with E-state index < -0.39 is 0 Å². The van der Waals surface area contributed by atoms with E-state index in [0.717, 1.165) is 6.54 Å². The van der Waals surface area contributed by atoms with Crippen molar-refractivity contribution in [3.8, 4) is 0 Å². The van der Waals surface area contributed by atoms with E-state index in [1.807, 2.05) is 0 Å². The Hall–Kier alpha value is -1.03. The molecular formula is C15H31N3O. The molecule has 0 aliphatic heterocycles. The molecule has 0 saturated heterocycles. The van der Waals surface area contributed by atoms with Crippen LogP contribution in [0.1, 0.15) is 59.3 Å². The second-order valence-corrected chi connectivity index (χ2v) is 5.18. The van der Waals surface area contributed by atoms with Crippen LogP contribution in [0.5, 0.6) is 0 Å². The van der Waals surface area contributed by atoms with Crippen LogP contribution in [0.15, 0.2) is 12.4 Å². The van der Waals surface area contributed by atoms with Crippen molar-refractivity contribution in [3.05, 3.63) is 12.4 Å². The molecule has 1 unspecified atom stereocenters. The lowest BCUT2D eigenvalue weighted by Crippen LogP contribution is -2.41. The first-order valence-electron chi connectivity index (χ1n) is 7.44. The first-order chi connectivity index (χ1) is 9.02. The fourth-order valence-electron chi connectivity index (χ4n) is 2.01. The molecule has 112 valence electrons. The summed E-state index contributed by atoms with van der Waals surface area (Å²) in [6.45, 7) is 10.7. The van der Waals surface area contributed by atoms with E-state index in [9.17, 15) is 4.79 Å². The molecule has 0 spiro atoms. The normalized spacial score (nSPS) is 12.0. The largest absolute Gasteiger partial charge is 0.308 e. The number of rotatable bonds is 11. The predicted octanol–water partition coefficient (Wildman–Crippen LogP) is 3.03. The third kappa shape index (κ3) is 8.65. The standard InChI is InChI=1S/C15H31N3O/c1-6-8-9-11-15(10-7-2)12-16-17-13(3)18(5)14(4)19/h15-17H,3,6-12H2,1-2,4-5H3. The molecule has 0 heterocycles. The lowest BCUT2D eigenvalue weighted by molar-refractivity contribution is -0.126. The molecule has 4 heteroatoms. The number of nitrogens with zero attached hydrogens (tertiary/aromatic N) is 1. The number of carbonyl (C=O) groups is 1. The third-order valence-corrected chi connectivity index (χ3v) is 3.41. The maximum atomic E-state index is 11.2. The molecule has 0 saturated carbocycles. The smallest absolute Gasteiger partial charge is 0.224 e. The molecule has 0 radical (unpaired) electrons. The summed E-state index contributed by atoms with van der Waals surface area (Å²) in [6.07, 6.45) is 7.61. The summed E-state index contributed by atoms with van der Waals surface area (Å²) in [6, 6.07) is 0. The van der Waals surface area contributed by atoms with Crippen molar-refractivity contribution in [2.45, 2.75) is 59.3 Å². The van der Waals surface area contributed by atoms with Gasteiger partial charge < -0.3 is 10.3 Å². The van der Waals surface area contributed by atoms with Crippen molar-refractivity contribution in [2.75, 3.05) is 13.6 Å². The van der Waals surface area contributed by atoms with E-state index >= 15 is 0 Å². The summed E-state index contributed by atoms with van der Waals surface area (Å²) >= 11 is 0. The summed E-state index contributed by atoms with van der Waals surface area (Å²) in [5, 5.41) is 0. The van der Waals surface area contributed by atoms with Crippen molar-refractivity contribution in [3.63, 3.8) is 0 Å². The van der Waals surface area contributed by atoms with Gasteiger partial charge in [-0.3, -0.25) is 4.79 Å². The van der Waals surface area contributed by atoms with Gasteiger partial charge >= 0.3 is 0 Å². The molecule has 1 amide bonds. The van der Waals surface area contributed by atoms with Crippen LogP contribution in [0.25, 0.3) is 0 Å². The van der Waals surface area contributed by atoms with Gasteiger partial charge in [-0.15, -0.1) is 0 Å². The highest BCUT2D eigenvalue weighted by molar-refractivity contribution is 5.74. The fraction of sp³-hybridized carbons (Fsp3) is 0.800. The first-order valence-corrected chi connectivity index (χ1v) is 7.44. The lowest BCUT2D eigenvalue weighted by atomic mass is 9.97. The Morgan fingerprint density at radius 2 is 1.89 bits per heavy atom. The zero-order valence-corrected chi connectivity index (χ0v) is 13.1. The summed E-state index contributed by atoms with van der Waals surface area (Å²) in [5.41, 5.74) is 6.19. The Bertz CT molecular complexity index is 266. The molecule has 0 rings (SSSR count). The molecule has 0 fully saturated rings. The highest BCUT2D eigenvalue weighted by atomic mass is 16.2. The summed E-state index contributed by atoms with van der Waals surface area (Å²) in [4.78, 5) is 12.7. The van der Waals surface area contributed by atoms with E-state index in [1.165, 1.54) is 50.3 Å². The lowest BCUT2D eigenvalue weighted by Gasteiger charge is -2.22. The van der Waals surface area contributed by atoms with Crippen molar-refractivity contribution in [2.24, 2.45) is 5.92 Å². The van der Waals surface area contributed by atoms with Crippen molar-refractivity contribution >= 4 is 5.91 Å². The number of nitrogens with one attached hydrogen (secondary N) is 2. The molecule has 0 aromatic carbocycles.